The second kappa shape index (κ2) is 9.41. The summed E-state index contributed by atoms with van der Waals surface area (Å²) < 4.78 is 10.6. The second-order valence-electron chi connectivity index (χ2n) is 6.17. The number of hydrogen-bond donors (Lipinski definition) is 3. The molecule has 1 heterocycles. The van der Waals surface area contributed by atoms with E-state index in [0.717, 1.165) is 12.0 Å². The number of ether oxygens (including phenoxy) is 2. The van der Waals surface area contributed by atoms with Gasteiger partial charge >= 0.3 is 5.97 Å². The molecule has 1 aromatic heterocycles. The Hall–Kier alpha value is -3.81. The molecule has 0 aliphatic rings. The van der Waals surface area contributed by atoms with Gasteiger partial charge < -0.3 is 25.2 Å². The van der Waals surface area contributed by atoms with Crippen molar-refractivity contribution in [2.24, 2.45) is 0 Å². The van der Waals surface area contributed by atoms with Crippen LogP contribution in [0.25, 0.3) is 0 Å². The number of benzene rings is 2. The molecule has 0 aliphatic heterocycles. The van der Waals surface area contributed by atoms with Crippen molar-refractivity contribution in [2.45, 2.75) is 6.42 Å². The van der Waals surface area contributed by atoms with Crippen LogP contribution in [0, 0.1) is 0 Å². The molecule has 8 heteroatoms. The lowest BCUT2D eigenvalue weighted by Crippen LogP contribution is -2.07. The average molecular weight is 394 g/mol. The first-order chi connectivity index (χ1) is 14.1. The Bertz CT molecular complexity index is 994. The first kappa shape index (κ1) is 19.9. The first-order valence-electron chi connectivity index (χ1n) is 8.96. The largest absolute Gasteiger partial charge is 0.493 e. The summed E-state index contributed by atoms with van der Waals surface area (Å²) in [5.74, 6) is 1.65. The van der Waals surface area contributed by atoms with Crippen molar-refractivity contribution in [3.05, 3.63) is 66.0 Å². The summed E-state index contributed by atoms with van der Waals surface area (Å²) in [6.07, 6.45) is 2.22. The monoisotopic (exact) mass is 394 g/mol. The Labute approximate surface area is 168 Å². The first-order valence-corrected chi connectivity index (χ1v) is 8.96. The predicted molar refractivity (Wildman–Crippen MR) is 110 cm³/mol. The van der Waals surface area contributed by atoms with Gasteiger partial charge in [0.2, 0.25) is 0 Å². The minimum Gasteiger partial charge on any atom is -0.493 e. The minimum atomic E-state index is -0.978. The van der Waals surface area contributed by atoms with E-state index in [1.54, 1.807) is 38.5 Å². The van der Waals surface area contributed by atoms with Gasteiger partial charge in [-0.15, -0.1) is 0 Å². The van der Waals surface area contributed by atoms with Crippen LogP contribution in [0.15, 0.2) is 54.9 Å². The Balaban J connectivity index is 1.60. The van der Waals surface area contributed by atoms with Gasteiger partial charge in [-0.05, 0) is 42.3 Å². The van der Waals surface area contributed by atoms with Crippen LogP contribution >= 0.6 is 0 Å². The van der Waals surface area contributed by atoms with Crippen molar-refractivity contribution in [1.29, 1.82) is 0 Å². The summed E-state index contributed by atoms with van der Waals surface area (Å²) in [5.41, 5.74) is 1.95. The lowest BCUT2D eigenvalue weighted by molar-refractivity contribution is 0.0697. The highest BCUT2D eigenvalue weighted by Gasteiger charge is 2.06. The molecule has 150 valence electrons. The molecule has 0 atom stereocenters. The summed E-state index contributed by atoms with van der Waals surface area (Å²) in [6, 6.07) is 14.1. The average Bonchev–Trinajstić information content (AvgIpc) is 2.74. The fourth-order valence-electron chi connectivity index (χ4n) is 2.77. The Morgan fingerprint density at radius 2 is 1.79 bits per heavy atom. The maximum Gasteiger partial charge on any atom is 0.335 e. The van der Waals surface area contributed by atoms with Crippen molar-refractivity contribution in [3.63, 3.8) is 0 Å². The van der Waals surface area contributed by atoms with Crippen LogP contribution < -0.4 is 20.1 Å². The van der Waals surface area contributed by atoms with E-state index < -0.39 is 5.97 Å². The third-order valence-corrected chi connectivity index (χ3v) is 4.22. The highest BCUT2D eigenvalue weighted by molar-refractivity contribution is 5.89. The number of anilines is 3. The number of aromatic nitrogens is 2. The zero-order valence-electron chi connectivity index (χ0n) is 16.2. The highest BCUT2D eigenvalue weighted by Crippen LogP contribution is 2.27. The molecule has 3 N–H and O–H groups in total. The molecule has 0 unspecified atom stereocenters. The molecular weight excluding hydrogens is 372 g/mol. The summed E-state index contributed by atoms with van der Waals surface area (Å²) in [4.78, 5) is 19.5. The Morgan fingerprint density at radius 3 is 2.55 bits per heavy atom. The molecule has 0 aliphatic carbocycles. The molecule has 0 spiro atoms. The molecule has 0 saturated heterocycles. The SMILES string of the molecule is COc1ccc(CCNc2cc(Nc3cccc(C(=O)O)c3)ncn2)cc1OC. The second-order valence-corrected chi connectivity index (χ2v) is 6.17. The lowest BCUT2D eigenvalue weighted by Gasteiger charge is -2.11. The van der Waals surface area contributed by atoms with Crippen LogP contribution in [-0.2, 0) is 6.42 Å². The zero-order chi connectivity index (χ0) is 20.6. The quantitative estimate of drug-likeness (QED) is 0.506. The summed E-state index contributed by atoms with van der Waals surface area (Å²) in [7, 11) is 3.22. The van der Waals surface area contributed by atoms with E-state index in [4.69, 9.17) is 14.6 Å². The van der Waals surface area contributed by atoms with Crippen molar-refractivity contribution >= 4 is 23.3 Å². The maximum absolute atomic E-state index is 11.1. The fourth-order valence-corrected chi connectivity index (χ4v) is 2.77. The van der Waals surface area contributed by atoms with Crippen molar-refractivity contribution in [3.8, 4) is 11.5 Å². The van der Waals surface area contributed by atoms with Gasteiger partial charge in [0.05, 0.1) is 19.8 Å². The van der Waals surface area contributed by atoms with Gasteiger partial charge in [0.15, 0.2) is 11.5 Å². The fraction of sp³-hybridized carbons (Fsp3) is 0.190. The molecule has 3 aromatic rings. The number of hydrogen-bond acceptors (Lipinski definition) is 7. The zero-order valence-corrected chi connectivity index (χ0v) is 16.2. The molecule has 0 bridgehead atoms. The lowest BCUT2D eigenvalue weighted by atomic mass is 10.1. The third-order valence-electron chi connectivity index (χ3n) is 4.22. The summed E-state index contributed by atoms with van der Waals surface area (Å²) in [5, 5.41) is 15.4. The van der Waals surface area contributed by atoms with Gasteiger partial charge in [0, 0.05) is 18.3 Å². The van der Waals surface area contributed by atoms with Crippen LogP contribution in [0.4, 0.5) is 17.3 Å². The molecule has 29 heavy (non-hydrogen) atoms. The number of aromatic carboxylic acids is 1. The molecule has 0 radical (unpaired) electrons. The number of carboxylic acid groups (broad SMARTS) is 1. The van der Waals surface area contributed by atoms with Crippen LogP contribution in [0.1, 0.15) is 15.9 Å². The number of methoxy groups -OCH3 is 2. The van der Waals surface area contributed by atoms with Gasteiger partial charge in [0.1, 0.15) is 18.0 Å². The number of rotatable bonds is 9. The highest BCUT2D eigenvalue weighted by atomic mass is 16.5. The van der Waals surface area contributed by atoms with Crippen molar-refractivity contribution in [1.82, 2.24) is 9.97 Å². The summed E-state index contributed by atoms with van der Waals surface area (Å²) in [6.45, 7) is 0.667. The molecule has 2 aromatic carbocycles. The molecule has 0 amide bonds. The number of nitrogens with zero attached hydrogens (tertiary/aromatic N) is 2. The molecular formula is C21H22N4O4. The molecule has 0 saturated carbocycles. The van der Waals surface area contributed by atoms with E-state index in [2.05, 4.69) is 20.6 Å². The Morgan fingerprint density at radius 1 is 1.00 bits per heavy atom. The minimum absolute atomic E-state index is 0.206. The third kappa shape index (κ3) is 5.35. The van der Waals surface area contributed by atoms with E-state index in [9.17, 15) is 4.79 Å². The van der Waals surface area contributed by atoms with E-state index in [-0.39, 0.29) is 5.56 Å². The maximum atomic E-state index is 11.1. The standard InChI is InChI=1S/C21H22N4O4/c1-28-17-7-6-14(10-18(17)29-2)8-9-22-19-12-20(24-13-23-19)25-16-5-3-4-15(11-16)21(26)27/h3-7,10-13H,8-9H2,1-2H3,(H,26,27)(H2,22,23,24,25). The number of carbonyl (C=O) groups is 1. The van der Waals surface area contributed by atoms with E-state index >= 15 is 0 Å². The topological polar surface area (TPSA) is 106 Å². The number of carboxylic acids is 1. The molecule has 8 nitrogen and oxygen atoms in total. The van der Waals surface area contributed by atoms with Gasteiger partial charge in [-0.25, -0.2) is 14.8 Å². The normalized spacial score (nSPS) is 10.3. The van der Waals surface area contributed by atoms with Crippen molar-refractivity contribution < 1.29 is 19.4 Å². The van der Waals surface area contributed by atoms with Gasteiger partial charge in [-0.2, -0.15) is 0 Å². The van der Waals surface area contributed by atoms with Gasteiger partial charge in [0.25, 0.3) is 0 Å². The van der Waals surface area contributed by atoms with E-state index in [0.29, 0.717) is 35.4 Å². The molecule has 0 fully saturated rings. The van der Waals surface area contributed by atoms with E-state index in [1.165, 1.54) is 12.4 Å². The van der Waals surface area contributed by atoms with Crippen LogP contribution in [0.3, 0.4) is 0 Å². The Kier molecular flexibility index (Phi) is 6.47. The van der Waals surface area contributed by atoms with Crippen LogP contribution in [0.2, 0.25) is 0 Å². The van der Waals surface area contributed by atoms with Crippen molar-refractivity contribution in [2.75, 3.05) is 31.4 Å². The number of nitrogens with one attached hydrogen (secondary N) is 2. The summed E-state index contributed by atoms with van der Waals surface area (Å²) >= 11 is 0. The van der Waals surface area contributed by atoms with E-state index in [1.807, 2.05) is 18.2 Å². The molecule has 3 rings (SSSR count). The van der Waals surface area contributed by atoms with Gasteiger partial charge in [-0.3, -0.25) is 0 Å². The van der Waals surface area contributed by atoms with Crippen LogP contribution in [-0.4, -0.2) is 41.8 Å². The van der Waals surface area contributed by atoms with Gasteiger partial charge in [-0.1, -0.05) is 12.1 Å². The predicted octanol–water partition coefficient (Wildman–Crippen LogP) is 3.59. The smallest absolute Gasteiger partial charge is 0.335 e. The van der Waals surface area contributed by atoms with Crippen LogP contribution in [0.5, 0.6) is 11.5 Å².